The van der Waals surface area contributed by atoms with Crippen LogP contribution in [0, 0.1) is 0 Å². The van der Waals surface area contributed by atoms with Crippen LogP contribution in [0.15, 0.2) is 0 Å². The Balaban J connectivity index is 3.22. The fourth-order valence-corrected chi connectivity index (χ4v) is 0.495. The van der Waals surface area contributed by atoms with Crippen molar-refractivity contribution in [1.29, 1.82) is 0 Å². The molecule has 0 aliphatic carbocycles. The first-order valence-electron chi connectivity index (χ1n) is 3.49. The number of esters is 1. The van der Waals surface area contributed by atoms with E-state index in [1.54, 1.807) is 6.92 Å². The molecule has 2 nitrogen and oxygen atoms in total. The molecule has 0 aliphatic rings. The number of carbonyl (C=O) groups is 1. The van der Waals surface area contributed by atoms with Gasteiger partial charge in [-0.1, -0.05) is 13.3 Å². The Labute approximate surface area is 66.5 Å². The molecule has 3 heteroatoms. The fraction of sp³-hybridized carbons (Fsp3) is 0.857. The molecule has 0 rings (SSSR count). The van der Waals surface area contributed by atoms with Crippen LogP contribution < -0.4 is 0 Å². The van der Waals surface area contributed by atoms with Crippen LogP contribution in [0.5, 0.6) is 0 Å². The highest BCUT2D eigenvalue weighted by Gasteiger charge is 2.08. The molecule has 0 radical (unpaired) electrons. The van der Waals surface area contributed by atoms with Crippen LogP contribution >= 0.6 is 11.6 Å². The molecular formula is C7H13ClO2. The Morgan fingerprint density at radius 2 is 2.30 bits per heavy atom. The second-order valence-electron chi connectivity index (χ2n) is 2.14. The topological polar surface area (TPSA) is 26.3 Å². The lowest BCUT2D eigenvalue weighted by molar-refractivity contribution is -0.142. The molecule has 0 aromatic heterocycles. The standard InChI is InChI=1S/C7H13ClO2/c1-3-4-5-10-7(9)6(2)8/h6H,3-5H2,1-2H3. The van der Waals surface area contributed by atoms with Crippen molar-refractivity contribution in [2.45, 2.75) is 32.1 Å². The first kappa shape index (κ1) is 9.76. The largest absolute Gasteiger partial charge is 0.465 e. The molecule has 0 N–H and O–H groups in total. The molecule has 0 saturated heterocycles. The minimum atomic E-state index is -0.517. The molecule has 10 heavy (non-hydrogen) atoms. The van der Waals surface area contributed by atoms with Crippen LogP contribution in [0.25, 0.3) is 0 Å². The third kappa shape index (κ3) is 4.62. The van der Waals surface area contributed by atoms with E-state index in [4.69, 9.17) is 16.3 Å². The van der Waals surface area contributed by atoms with Crippen molar-refractivity contribution in [3.8, 4) is 0 Å². The summed E-state index contributed by atoms with van der Waals surface area (Å²) in [4.78, 5) is 10.7. The molecule has 0 heterocycles. The maximum atomic E-state index is 10.7. The normalized spacial score (nSPS) is 12.7. The summed E-state index contributed by atoms with van der Waals surface area (Å²) in [5, 5.41) is -0.517. The third-order valence-corrected chi connectivity index (χ3v) is 1.25. The van der Waals surface area contributed by atoms with E-state index >= 15 is 0 Å². The lowest BCUT2D eigenvalue weighted by atomic mass is 10.4. The van der Waals surface area contributed by atoms with Gasteiger partial charge in [-0.05, 0) is 13.3 Å². The first-order chi connectivity index (χ1) is 4.68. The number of ether oxygens (including phenoxy) is 1. The summed E-state index contributed by atoms with van der Waals surface area (Å²) in [5.74, 6) is -0.324. The summed E-state index contributed by atoms with van der Waals surface area (Å²) in [6, 6.07) is 0. The van der Waals surface area contributed by atoms with Gasteiger partial charge in [0, 0.05) is 0 Å². The van der Waals surface area contributed by atoms with Gasteiger partial charge in [0.1, 0.15) is 5.38 Å². The van der Waals surface area contributed by atoms with Gasteiger partial charge in [0.15, 0.2) is 0 Å². The number of carbonyl (C=O) groups excluding carboxylic acids is 1. The first-order valence-corrected chi connectivity index (χ1v) is 3.92. The summed E-state index contributed by atoms with van der Waals surface area (Å²) in [5.41, 5.74) is 0. The van der Waals surface area contributed by atoms with Crippen molar-refractivity contribution in [2.24, 2.45) is 0 Å². The SMILES string of the molecule is CCCCOC(=O)C(C)Cl. The van der Waals surface area contributed by atoms with E-state index in [0.29, 0.717) is 6.61 Å². The lowest BCUT2D eigenvalue weighted by Crippen LogP contribution is -2.14. The van der Waals surface area contributed by atoms with Crippen LogP contribution in [0.2, 0.25) is 0 Å². The molecular weight excluding hydrogens is 152 g/mol. The van der Waals surface area contributed by atoms with Crippen LogP contribution in [-0.2, 0) is 9.53 Å². The minimum absolute atomic E-state index is 0.324. The maximum Gasteiger partial charge on any atom is 0.323 e. The summed E-state index contributed by atoms with van der Waals surface area (Å²) >= 11 is 5.43. The monoisotopic (exact) mass is 164 g/mol. The zero-order chi connectivity index (χ0) is 7.98. The molecule has 1 unspecified atom stereocenters. The van der Waals surface area contributed by atoms with Crippen molar-refractivity contribution in [1.82, 2.24) is 0 Å². The Morgan fingerprint density at radius 3 is 2.70 bits per heavy atom. The van der Waals surface area contributed by atoms with E-state index in [9.17, 15) is 4.79 Å². The average molecular weight is 165 g/mol. The molecule has 0 amide bonds. The molecule has 60 valence electrons. The van der Waals surface area contributed by atoms with E-state index in [2.05, 4.69) is 0 Å². The van der Waals surface area contributed by atoms with Gasteiger partial charge < -0.3 is 4.74 Å². The van der Waals surface area contributed by atoms with Crippen molar-refractivity contribution in [2.75, 3.05) is 6.61 Å². The van der Waals surface area contributed by atoms with Crippen LogP contribution in [0.3, 0.4) is 0 Å². The Hall–Kier alpha value is -0.240. The fourth-order valence-electron chi connectivity index (χ4n) is 0.432. The summed E-state index contributed by atoms with van der Waals surface area (Å²) in [6.07, 6.45) is 1.94. The van der Waals surface area contributed by atoms with E-state index in [-0.39, 0.29) is 5.97 Å². The maximum absolute atomic E-state index is 10.7. The van der Waals surface area contributed by atoms with E-state index < -0.39 is 5.38 Å². The number of unbranched alkanes of at least 4 members (excludes halogenated alkanes) is 1. The smallest absolute Gasteiger partial charge is 0.323 e. The highest BCUT2D eigenvalue weighted by Crippen LogP contribution is 1.97. The van der Waals surface area contributed by atoms with Gasteiger partial charge in [0.05, 0.1) is 6.61 Å². The Morgan fingerprint density at radius 1 is 1.70 bits per heavy atom. The molecule has 0 aromatic carbocycles. The van der Waals surface area contributed by atoms with Crippen molar-refractivity contribution in [3.63, 3.8) is 0 Å². The zero-order valence-electron chi connectivity index (χ0n) is 6.39. The van der Waals surface area contributed by atoms with Gasteiger partial charge >= 0.3 is 5.97 Å². The highest BCUT2D eigenvalue weighted by molar-refractivity contribution is 6.29. The molecule has 0 bridgehead atoms. The van der Waals surface area contributed by atoms with Gasteiger partial charge in [-0.25, -0.2) is 0 Å². The van der Waals surface area contributed by atoms with Gasteiger partial charge in [0.25, 0.3) is 0 Å². The molecule has 0 aliphatic heterocycles. The zero-order valence-corrected chi connectivity index (χ0v) is 7.15. The second-order valence-corrected chi connectivity index (χ2v) is 2.79. The van der Waals surface area contributed by atoms with Crippen molar-refractivity contribution < 1.29 is 9.53 Å². The second kappa shape index (κ2) is 5.54. The van der Waals surface area contributed by atoms with E-state index in [1.165, 1.54) is 0 Å². The van der Waals surface area contributed by atoms with Gasteiger partial charge in [-0.2, -0.15) is 0 Å². The Bertz CT molecular complexity index is 102. The predicted octanol–water partition coefficient (Wildman–Crippen LogP) is 1.96. The number of hydrogen-bond donors (Lipinski definition) is 0. The predicted molar refractivity (Wildman–Crippen MR) is 41.2 cm³/mol. The third-order valence-electron chi connectivity index (χ3n) is 1.07. The lowest BCUT2D eigenvalue weighted by Gasteiger charge is -2.03. The number of alkyl halides is 1. The van der Waals surface area contributed by atoms with Gasteiger partial charge in [-0.15, -0.1) is 11.6 Å². The molecule has 0 aromatic rings. The van der Waals surface area contributed by atoms with E-state index in [0.717, 1.165) is 12.8 Å². The van der Waals surface area contributed by atoms with Crippen LogP contribution in [-0.4, -0.2) is 18.0 Å². The highest BCUT2D eigenvalue weighted by atomic mass is 35.5. The molecule has 0 fully saturated rings. The molecule has 0 saturated carbocycles. The quantitative estimate of drug-likeness (QED) is 0.361. The summed E-state index contributed by atoms with van der Waals surface area (Å²) in [6.45, 7) is 4.14. The minimum Gasteiger partial charge on any atom is -0.465 e. The molecule has 0 spiro atoms. The number of halogens is 1. The van der Waals surface area contributed by atoms with Crippen LogP contribution in [0.1, 0.15) is 26.7 Å². The van der Waals surface area contributed by atoms with Gasteiger partial charge in [-0.3, -0.25) is 4.79 Å². The number of rotatable bonds is 4. The van der Waals surface area contributed by atoms with Crippen molar-refractivity contribution in [3.05, 3.63) is 0 Å². The van der Waals surface area contributed by atoms with Crippen LogP contribution in [0.4, 0.5) is 0 Å². The average Bonchev–Trinajstić information content (AvgIpc) is 1.88. The Kier molecular flexibility index (Phi) is 5.40. The van der Waals surface area contributed by atoms with Gasteiger partial charge in [0.2, 0.25) is 0 Å². The molecule has 1 atom stereocenters. The van der Waals surface area contributed by atoms with E-state index in [1.807, 2.05) is 6.92 Å². The summed E-state index contributed by atoms with van der Waals surface area (Å²) in [7, 11) is 0. The number of hydrogen-bond acceptors (Lipinski definition) is 2. The van der Waals surface area contributed by atoms with Crippen molar-refractivity contribution >= 4 is 17.6 Å². The summed E-state index contributed by atoms with van der Waals surface area (Å²) < 4.78 is 4.77.